The number of piperazine rings is 1. The number of nitro benzene ring substituents is 1. The molecule has 2 unspecified atom stereocenters. The Morgan fingerprint density at radius 2 is 2.17 bits per heavy atom. The van der Waals surface area contributed by atoms with Gasteiger partial charge in [-0.2, -0.15) is 0 Å². The maximum absolute atomic E-state index is 10.8. The van der Waals surface area contributed by atoms with Gasteiger partial charge in [0.2, 0.25) is 0 Å². The number of nitrogens with zero attached hydrogens (tertiary/aromatic N) is 2. The summed E-state index contributed by atoms with van der Waals surface area (Å²) < 4.78 is 0. The van der Waals surface area contributed by atoms with Gasteiger partial charge in [0.05, 0.1) is 4.92 Å². The summed E-state index contributed by atoms with van der Waals surface area (Å²) in [5.74, 6) is 0. The summed E-state index contributed by atoms with van der Waals surface area (Å²) >= 11 is 0. The lowest BCUT2D eigenvalue weighted by Gasteiger charge is -2.39. The summed E-state index contributed by atoms with van der Waals surface area (Å²) in [4.78, 5) is 12.8. The third-order valence-electron chi connectivity index (χ3n) is 3.47. The number of hydrogen-bond donors (Lipinski definition) is 1. The van der Waals surface area contributed by atoms with Crippen LogP contribution in [0.1, 0.15) is 19.4 Å². The molecule has 5 heteroatoms. The normalized spacial score (nSPS) is 24.1. The summed E-state index contributed by atoms with van der Waals surface area (Å²) in [5.41, 5.74) is 1.98. The second kappa shape index (κ2) is 4.94. The van der Waals surface area contributed by atoms with E-state index in [9.17, 15) is 10.1 Å². The van der Waals surface area contributed by atoms with Crippen LogP contribution in [0.15, 0.2) is 18.2 Å². The number of nitrogens with one attached hydrogen (secondary N) is 1. The Labute approximate surface area is 107 Å². The van der Waals surface area contributed by atoms with Crippen molar-refractivity contribution >= 4 is 11.4 Å². The lowest BCUT2D eigenvalue weighted by atomic mass is 10.1. The number of anilines is 1. The molecule has 2 atom stereocenters. The van der Waals surface area contributed by atoms with Crippen LogP contribution in [0, 0.1) is 17.0 Å². The molecule has 1 aromatic rings. The van der Waals surface area contributed by atoms with E-state index >= 15 is 0 Å². The highest BCUT2D eigenvalue weighted by atomic mass is 16.6. The molecule has 0 spiro atoms. The zero-order valence-corrected chi connectivity index (χ0v) is 11.0. The molecule has 0 radical (unpaired) electrons. The van der Waals surface area contributed by atoms with Crippen LogP contribution >= 0.6 is 0 Å². The molecule has 18 heavy (non-hydrogen) atoms. The minimum Gasteiger partial charge on any atom is -0.366 e. The molecule has 0 aromatic heterocycles. The molecular formula is C13H19N3O2. The Morgan fingerprint density at radius 1 is 1.44 bits per heavy atom. The zero-order valence-electron chi connectivity index (χ0n) is 11.0. The Balaban J connectivity index is 2.28. The van der Waals surface area contributed by atoms with Gasteiger partial charge in [0, 0.05) is 42.5 Å². The minimum atomic E-state index is -0.330. The van der Waals surface area contributed by atoms with Crippen LogP contribution in [0.4, 0.5) is 11.4 Å². The van der Waals surface area contributed by atoms with Crippen LogP contribution in [0.3, 0.4) is 0 Å². The molecule has 1 fully saturated rings. The highest BCUT2D eigenvalue weighted by Gasteiger charge is 2.23. The molecule has 1 aromatic carbocycles. The Kier molecular flexibility index (Phi) is 3.52. The number of aryl methyl sites for hydroxylation is 1. The van der Waals surface area contributed by atoms with Crippen molar-refractivity contribution in [2.45, 2.75) is 32.9 Å². The molecule has 0 aliphatic carbocycles. The number of benzene rings is 1. The Hall–Kier alpha value is -1.62. The van der Waals surface area contributed by atoms with E-state index in [1.807, 2.05) is 12.1 Å². The number of rotatable bonds is 2. The van der Waals surface area contributed by atoms with Gasteiger partial charge in [0.15, 0.2) is 0 Å². The lowest BCUT2D eigenvalue weighted by Crippen LogP contribution is -2.54. The molecule has 1 N–H and O–H groups in total. The first-order chi connectivity index (χ1) is 8.49. The van der Waals surface area contributed by atoms with Gasteiger partial charge < -0.3 is 10.2 Å². The molecule has 5 nitrogen and oxygen atoms in total. The van der Waals surface area contributed by atoms with E-state index in [0.29, 0.717) is 12.1 Å². The third kappa shape index (κ3) is 2.46. The molecule has 0 bridgehead atoms. The Morgan fingerprint density at radius 3 is 2.78 bits per heavy atom. The minimum absolute atomic E-state index is 0.189. The summed E-state index contributed by atoms with van der Waals surface area (Å²) in [5, 5.41) is 14.2. The lowest BCUT2D eigenvalue weighted by molar-refractivity contribution is -0.385. The number of nitro groups is 1. The van der Waals surface area contributed by atoms with Gasteiger partial charge in [-0.1, -0.05) is 0 Å². The van der Waals surface area contributed by atoms with Crippen molar-refractivity contribution < 1.29 is 4.92 Å². The van der Waals surface area contributed by atoms with E-state index in [4.69, 9.17) is 0 Å². The van der Waals surface area contributed by atoms with E-state index in [1.54, 1.807) is 13.0 Å². The van der Waals surface area contributed by atoms with Gasteiger partial charge in [-0.3, -0.25) is 10.1 Å². The first kappa shape index (κ1) is 12.8. The second-order valence-corrected chi connectivity index (χ2v) is 5.04. The maximum Gasteiger partial charge on any atom is 0.272 e. The van der Waals surface area contributed by atoms with Crippen LogP contribution in [-0.2, 0) is 0 Å². The van der Waals surface area contributed by atoms with E-state index < -0.39 is 0 Å². The fourth-order valence-corrected chi connectivity index (χ4v) is 2.40. The van der Waals surface area contributed by atoms with Crippen molar-refractivity contribution in [3.05, 3.63) is 33.9 Å². The molecule has 1 saturated heterocycles. The van der Waals surface area contributed by atoms with E-state index in [2.05, 4.69) is 24.1 Å². The van der Waals surface area contributed by atoms with Crippen LogP contribution in [0.5, 0.6) is 0 Å². The monoisotopic (exact) mass is 249 g/mol. The van der Waals surface area contributed by atoms with Crippen LogP contribution < -0.4 is 10.2 Å². The molecule has 0 saturated carbocycles. The summed E-state index contributed by atoms with van der Waals surface area (Å²) in [6.07, 6.45) is 0. The highest BCUT2D eigenvalue weighted by Crippen LogP contribution is 2.26. The largest absolute Gasteiger partial charge is 0.366 e. The van der Waals surface area contributed by atoms with Crippen molar-refractivity contribution in [1.82, 2.24) is 5.32 Å². The average molecular weight is 249 g/mol. The summed E-state index contributed by atoms with van der Waals surface area (Å²) in [7, 11) is 0. The fraction of sp³-hybridized carbons (Fsp3) is 0.538. The molecule has 2 rings (SSSR count). The standard InChI is InChI=1S/C13H19N3O2/c1-9-6-12(4-5-13(9)16(17)18)15-8-10(2)14-7-11(15)3/h4-6,10-11,14H,7-8H2,1-3H3. The first-order valence-electron chi connectivity index (χ1n) is 6.24. The van der Waals surface area contributed by atoms with Crippen molar-refractivity contribution in [3.8, 4) is 0 Å². The van der Waals surface area contributed by atoms with Crippen molar-refractivity contribution in [3.63, 3.8) is 0 Å². The Bertz CT molecular complexity index is 462. The topological polar surface area (TPSA) is 58.4 Å². The fourth-order valence-electron chi connectivity index (χ4n) is 2.40. The van der Waals surface area contributed by atoms with Crippen molar-refractivity contribution in [1.29, 1.82) is 0 Å². The quantitative estimate of drug-likeness (QED) is 0.644. The van der Waals surface area contributed by atoms with Crippen LogP contribution in [0.25, 0.3) is 0 Å². The van der Waals surface area contributed by atoms with Crippen LogP contribution in [0.2, 0.25) is 0 Å². The van der Waals surface area contributed by atoms with Crippen molar-refractivity contribution in [2.75, 3.05) is 18.0 Å². The molecule has 98 valence electrons. The number of hydrogen-bond acceptors (Lipinski definition) is 4. The van der Waals surface area contributed by atoms with E-state index in [0.717, 1.165) is 24.3 Å². The predicted octanol–water partition coefficient (Wildman–Crippen LogP) is 2.09. The molecule has 1 heterocycles. The predicted molar refractivity (Wildman–Crippen MR) is 72.1 cm³/mol. The van der Waals surface area contributed by atoms with Crippen molar-refractivity contribution in [2.24, 2.45) is 0 Å². The summed E-state index contributed by atoms with van der Waals surface area (Å²) in [6.45, 7) is 7.97. The van der Waals surface area contributed by atoms with Gasteiger partial charge in [0.1, 0.15) is 0 Å². The highest BCUT2D eigenvalue weighted by molar-refractivity contribution is 5.56. The zero-order chi connectivity index (χ0) is 13.3. The van der Waals surface area contributed by atoms with E-state index in [1.165, 1.54) is 0 Å². The van der Waals surface area contributed by atoms with Gasteiger partial charge in [-0.15, -0.1) is 0 Å². The maximum atomic E-state index is 10.8. The smallest absolute Gasteiger partial charge is 0.272 e. The average Bonchev–Trinajstić information content (AvgIpc) is 2.31. The van der Waals surface area contributed by atoms with E-state index in [-0.39, 0.29) is 10.6 Å². The molecular weight excluding hydrogens is 230 g/mol. The van der Waals surface area contributed by atoms with Gasteiger partial charge in [-0.25, -0.2) is 0 Å². The van der Waals surface area contributed by atoms with Crippen LogP contribution in [-0.4, -0.2) is 30.1 Å². The third-order valence-corrected chi connectivity index (χ3v) is 3.47. The molecule has 1 aliphatic rings. The second-order valence-electron chi connectivity index (χ2n) is 5.04. The summed E-state index contributed by atoms with van der Waals surface area (Å²) in [6, 6.07) is 6.20. The molecule has 1 aliphatic heterocycles. The van der Waals surface area contributed by atoms with Gasteiger partial charge in [-0.05, 0) is 32.9 Å². The van der Waals surface area contributed by atoms with Gasteiger partial charge >= 0.3 is 0 Å². The molecule has 0 amide bonds. The SMILES string of the molecule is Cc1cc(N2CC(C)NCC2C)ccc1[N+](=O)[O-]. The first-order valence-corrected chi connectivity index (χ1v) is 6.24. The van der Waals surface area contributed by atoms with Gasteiger partial charge in [0.25, 0.3) is 5.69 Å².